The van der Waals surface area contributed by atoms with E-state index in [0.29, 0.717) is 5.69 Å². The van der Waals surface area contributed by atoms with Crippen LogP contribution >= 0.6 is 0 Å². The first kappa shape index (κ1) is 21.6. The quantitative estimate of drug-likeness (QED) is 0.563. The Morgan fingerprint density at radius 2 is 1.83 bits per heavy atom. The number of nitrogens with one attached hydrogen (secondary N) is 1. The van der Waals surface area contributed by atoms with Gasteiger partial charge < -0.3 is 14.8 Å². The number of alkyl halides is 3. The lowest BCUT2D eigenvalue weighted by Crippen LogP contribution is -2.17. The van der Waals surface area contributed by atoms with Crippen molar-refractivity contribution in [3.8, 4) is 5.75 Å². The lowest BCUT2D eigenvalue weighted by atomic mass is 10.1. The molecule has 5 nitrogen and oxygen atoms in total. The predicted octanol–water partition coefficient (Wildman–Crippen LogP) is 5.15. The molecule has 2 aromatic carbocycles. The second kappa shape index (κ2) is 8.71. The largest absolute Gasteiger partial charge is 0.489 e. The highest BCUT2D eigenvalue weighted by molar-refractivity contribution is 6.07. The first-order valence-corrected chi connectivity index (χ1v) is 9.21. The van der Waals surface area contributed by atoms with Crippen LogP contribution in [0.15, 0.2) is 42.5 Å². The van der Waals surface area contributed by atoms with Crippen LogP contribution < -0.4 is 10.1 Å². The van der Waals surface area contributed by atoms with Gasteiger partial charge in [-0.1, -0.05) is 11.6 Å². The standard InChI is InChI=1S/C22H21F3N2O3/c1-13-4-6-18-15(10-13)11-17(14(2)26-18)21(28)27-19-12-16(22(23,24)25)5-7-20(19)30-9-8-29-3/h4-7,10-12H,8-9H2,1-3H3,(H,27,28). The number of halogens is 3. The lowest BCUT2D eigenvalue weighted by molar-refractivity contribution is -0.137. The van der Waals surface area contributed by atoms with E-state index >= 15 is 0 Å². The summed E-state index contributed by atoms with van der Waals surface area (Å²) in [6.07, 6.45) is -4.55. The highest BCUT2D eigenvalue weighted by Crippen LogP contribution is 2.35. The third-order valence-electron chi connectivity index (χ3n) is 4.51. The summed E-state index contributed by atoms with van der Waals surface area (Å²) >= 11 is 0. The summed E-state index contributed by atoms with van der Waals surface area (Å²) in [5.74, 6) is -0.449. The van der Waals surface area contributed by atoms with Gasteiger partial charge >= 0.3 is 6.18 Å². The number of ether oxygens (including phenoxy) is 2. The summed E-state index contributed by atoms with van der Waals surface area (Å²) in [7, 11) is 1.48. The number of fused-ring (bicyclic) bond motifs is 1. The minimum Gasteiger partial charge on any atom is -0.489 e. The number of hydrogen-bond donors (Lipinski definition) is 1. The molecule has 3 aromatic rings. The number of carbonyl (C=O) groups excluding carboxylic acids is 1. The highest BCUT2D eigenvalue weighted by atomic mass is 19.4. The normalized spacial score (nSPS) is 11.5. The molecule has 0 unspecified atom stereocenters. The van der Waals surface area contributed by atoms with Gasteiger partial charge in [-0.05, 0) is 50.2 Å². The first-order valence-electron chi connectivity index (χ1n) is 9.21. The molecule has 8 heteroatoms. The number of amides is 1. The van der Waals surface area contributed by atoms with Crippen molar-refractivity contribution in [1.29, 1.82) is 0 Å². The third kappa shape index (κ3) is 4.88. The van der Waals surface area contributed by atoms with E-state index in [2.05, 4.69) is 10.3 Å². The van der Waals surface area contributed by atoms with E-state index in [4.69, 9.17) is 9.47 Å². The second-order valence-corrected chi connectivity index (χ2v) is 6.82. The van der Waals surface area contributed by atoms with Crippen LogP contribution in [0, 0.1) is 13.8 Å². The van der Waals surface area contributed by atoms with E-state index in [-0.39, 0.29) is 30.2 Å². The van der Waals surface area contributed by atoms with Crippen molar-refractivity contribution in [2.24, 2.45) is 0 Å². The zero-order valence-corrected chi connectivity index (χ0v) is 16.8. The molecule has 0 atom stereocenters. The van der Waals surface area contributed by atoms with Crippen LogP contribution in [-0.2, 0) is 10.9 Å². The highest BCUT2D eigenvalue weighted by Gasteiger charge is 2.31. The fourth-order valence-corrected chi connectivity index (χ4v) is 2.98. The second-order valence-electron chi connectivity index (χ2n) is 6.82. The molecule has 1 amide bonds. The number of pyridine rings is 1. The van der Waals surface area contributed by atoms with E-state index in [1.807, 2.05) is 25.1 Å². The van der Waals surface area contributed by atoms with Gasteiger partial charge in [-0.25, -0.2) is 0 Å². The molecule has 0 fully saturated rings. The van der Waals surface area contributed by atoms with Crippen molar-refractivity contribution in [1.82, 2.24) is 4.98 Å². The smallest absolute Gasteiger partial charge is 0.416 e. The number of aromatic nitrogens is 1. The number of methoxy groups -OCH3 is 1. The zero-order valence-electron chi connectivity index (χ0n) is 16.8. The number of anilines is 1. The Labute approximate surface area is 171 Å². The van der Waals surface area contributed by atoms with Gasteiger partial charge in [0, 0.05) is 12.5 Å². The molecule has 0 saturated heterocycles. The van der Waals surface area contributed by atoms with Crippen LogP contribution in [0.1, 0.15) is 27.2 Å². The van der Waals surface area contributed by atoms with Crippen LogP contribution in [-0.4, -0.2) is 31.2 Å². The minimum atomic E-state index is -4.55. The lowest BCUT2D eigenvalue weighted by Gasteiger charge is -2.16. The van der Waals surface area contributed by atoms with Crippen molar-refractivity contribution >= 4 is 22.5 Å². The maximum Gasteiger partial charge on any atom is 0.416 e. The Morgan fingerprint density at radius 1 is 1.07 bits per heavy atom. The summed E-state index contributed by atoms with van der Waals surface area (Å²) in [5, 5.41) is 3.31. The average molecular weight is 418 g/mol. The molecule has 1 aromatic heterocycles. The van der Waals surface area contributed by atoms with E-state index < -0.39 is 17.6 Å². The van der Waals surface area contributed by atoms with Gasteiger partial charge in [0.15, 0.2) is 0 Å². The molecule has 0 aliphatic rings. The fraction of sp³-hybridized carbons (Fsp3) is 0.273. The Hall–Kier alpha value is -3.13. The van der Waals surface area contributed by atoms with Crippen molar-refractivity contribution in [2.45, 2.75) is 20.0 Å². The monoisotopic (exact) mass is 418 g/mol. The molecular weight excluding hydrogens is 397 g/mol. The molecule has 0 aliphatic carbocycles. The summed E-state index contributed by atoms with van der Waals surface area (Å²) in [5.41, 5.74) is 1.52. The maximum atomic E-state index is 13.2. The average Bonchev–Trinajstić information content (AvgIpc) is 2.68. The maximum absolute atomic E-state index is 13.2. The molecule has 0 aliphatic heterocycles. The van der Waals surface area contributed by atoms with Crippen molar-refractivity contribution < 1.29 is 27.4 Å². The number of hydrogen-bond acceptors (Lipinski definition) is 4. The van der Waals surface area contributed by atoms with Gasteiger partial charge in [0.2, 0.25) is 0 Å². The predicted molar refractivity (Wildman–Crippen MR) is 108 cm³/mol. The van der Waals surface area contributed by atoms with Gasteiger partial charge in [0.25, 0.3) is 5.91 Å². The Morgan fingerprint density at radius 3 is 2.53 bits per heavy atom. The number of carbonyl (C=O) groups is 1. The topological polar surface area (TPSA) is 60.5 Å². The van der Waals surface area contributed by atoms with Crippen molar-refractivity contribution in [2.75, 3.05) is 25.6 Å². The number of benzene rings is 2. The third-order valence-corrected chi connectivity index (χ3v) is 4.51. The van der Waals surface area contributed by atoms with E-state index in [9.17, 15) is 18.0 Å². The molecule has 0 bridgehead atoms. The molecular formula is C22H21F3N2O3. The van der Waals surface area contributed by atoms with Gasteiger partial charge in [0.1, 0.15) is 12.4 Å². The number of rotatable bonds is 6. The van der Waals surface area contributed by atoms with Gasteiger partial charge in [0.05, 0.1) is 34.6 Å². The number of aryl methyl sites for hydroxylation is 2. The first-order chi connectivity index (χ1) is 14.2. The van der Waals surface area contributed by atoms with E-state index in [1.54, 1.807) is 13.0 Å². The summed E-state index contributed by atoms with van der Waals surface area (Å²) < 4.78 is 49.9. The van der Waals surface area contributed by atoms with Gasteiger partial charge in [-0.3, -0.25) is 9.78 Å². The summed E-state index contributed by atoms with van der Waals surface area (Å²) in [6.45, 7) is 3.98. The Kier molecular flexibility index (Phi) is 6.26. The molecule has 0 saturated carbocycles. The Bertz CT molecular complexity index is 1080. The van der Waals surface area contributed by atoms with Crippen LogP contribution in [0.3, 0.4) is 0 Å². The van der Waals surface area contributed by atoms with Gasteiger partial charge in [-0.2, -0.15) is 13.2 Å². The van der Waals surface area contributed by atoms with E-state index in [0.717, 1.165) is 28.6 Å². The molecule has 3 rings (SSSR count). The summed E-state index contributed by atoms with van der Waals surface area (Å²) in [4.78, 5) is 17.3. The van der Waals surface area contributed by atoms with Crippen molar-refractivity contribution in [3.63, 3.8) is 0 Å². The SMILES string of the molecule is COCCOc1ccc(C(F)(F)F)cc1NC(=O)c1cc2cc(C)ccc2nc1C. The molecule has 0 spiro atoms. The zero-order chi connectivity index (χ0) is 21.9. The Balaban J connectivity index is 1.96. The van der Waals surface area contributed by atoms with Crippen LogP contribution in [0.4, 0.5) is 18.9 Å². The van der Waals surface area contributed by atoms with Crippen LogP contribution in [0.5, 0.6) is 5.75 Å². The molecule has 1 N–H and O–H groups in total. The minimum absolute atomic E-state index is 0.0744. The van der Waals surface area contributed by atoms with Crippen molar-refractivity contribution in [3.05, 3.63) is 64.8 Å². The molecule has 1 heterocycles. The van der Waals surface area contributed by atoms with E-state index in [1.165, 1.54) is 13.2 Å². The molecule has 158 valence electrons. The summed E-state index contributed by atoms with van der Waals surface area (Å²) in [6, 6.07) is 10.3. The number of nitrogens with zero attached hydrogens (tertiary/aromatic N) is 1. The molecule has 0 radical (unpaired) electrons. The molecule has 30 heavy (non-hydrogen) atoms. The van der Waals surface area contributed by atoms with Crippen LogP contribution in [0.2, 0.25) is 0 Å². The van der Waals surface area contributed by atoms with Crippen LogP contribution in [0.25, 0.3) is 10.9 Å². The fourth-order valence-electron chi connectivity index (χ4n) is 2.98. The van der Waals surface area contributed by atoms with Gasteiger partial charge in [-0.15, -0.1) is 0 Å².